The van der Waals surface area contributed by atoms with E-state index in [0.717, 1.165) is 62.2 Å². The number of carbonyl (C=O) groups excluding carboxylic acids is 1. The first-order valence-corrected chi connectivity index (χ1v) is 17.4. The van der Waals surface area contributed by atoms with Crippen molar-refractivity contribution in [1.82, 2.24) is 4.72 Å². The minimum atomic E-state index is -3.84. The average Bonchev–Trinajstić information content (AvgIpc) is 3.78. The van der Waals surface area contributed by atoms with Gasteiger partial charge in [-0.15, -0.1) is 0 Å². The summed E-state index contributed by atoms with van der Waals surface area (Å²) in [4.78, 5) is 15.7. The van der Waals surface area contributed by atoms with Crippen molar-refractivity contribution in [2.24, 2.45) is 23.7 Å². The Morgan fingerprint density at radius 1 is 1.05 bits per heavy atom. The van der Waals surface area contributed by atoms with Crippen LogP contribution in [0.5, 0.6) is 5.75 Å². The summed E-state index contributed by atoms with van der Waals surface area (Å²) in [5.41, 5.74) is 3.38. The van der Waals surface area contributed by atoms with Crippen LogP contribution in [0.15, 0.2) is 48.6 Å². The number of hydrogen-bond acceptors (Lipinski definition) is 6. The van der Waals surface area contributed by atoms with Crippen LogP contribution < -0.4 is 14.4 Å². The molecule has 7 rings (SSSR count). The van der Waals surface area contributed by atoms with Gasteiger partial charge in [0.25, 0.3) is 5.91 Å². The Balaban J connectivity index is 1.27. The van der Waals surface area contributed by atoms with Gasteiger partial charge in [0.15, 0.2) is 0 Å². The van der Waals surface area contributed by atoms with E-state index in [9.17, 15) is 18.3 Å². The van der Waals surface area contributed by atoms with Crippen LogP contribution in [0.25, 0.3) is 0 Å². The normalized spacial score (nSPS) is 33.3. The number of amides is 1. The molecule has 0 saturated heterocycles. The molecule has 9 heteroatoms. The van der Waals surface area contributed by atoms with E-state index in [0.29, 0.717) is 42.7 Å². The molecule has 0 radical (unpaired) electrons. The standard InChI is InChI=1S/C33H39ClN2O5S/c34-26-10-12-28-22(15-26)4-2-14-33(28)19-36-17-24-8-11-27(24)30(37)5-1-3-25(21-6-7-21)18-42(39,40)35-32(38)23-9-13-31(41-20-33)29(36)16-23/h1,5,9-10,12-13,15-16,21,24-25,27,30,37H,2-4,6-8,11,14,17-20H2,(H,35,38)/b5-1+/t24-,25+,27+,30-,33-/m0/s1. The first-order valence-electron chi connectivity index (χ1n) is 15.4. The molecular formula is C33H39ClN2O5S. The SMILES string of the molecule is O=C1NS(=O)(=O)C[C@H](C2CC2)C/C=C/[C@H](O)[C@@H]2CC[C@H]2CN2C[C@@]3(CCCc4cc(Cl)ccc43)COc3ccc1cc32. The molecule has 224 valence electrons. The predicted molar refractivity (Wildman–Crippen MR) is 164 cm³/mol. The number of benzene rings is 2. The van der Waals surface area contributed by atoms with E-state index in [2.05, 4.69) is 21.8 Å². The fraction of sp³-hybridized carbons (Fsp3) is 0.545. The van der Waals surface area contributed by atoms with E-state index in [1.807, 2.05) is 18.2 Å². The molecule has 2 fully saturated rings. The molecule has 3 aliphatic carbocycles. The summed E-state index contributed by atoms with van der Waals surface area (Å²) in [6.45, 7) is 1.94. The van der Waals surface area contributed by atoms with Gasteiger partial charge in [-0.3, -0.25) is 4.79 Å². The number of nitrogens with one attached hydrogen (secondary N) is 1. The largest absolute Gasteiger partial charge is 0.490 e. The van der Waals surface area contributed by atoms with Crippen molar-refractivity contribution in [2.45, 2.75) is 62.9 Å². The topological polar surface area (TPSA) is 95.9 Å². The summed E-state index contributed by atoms with van der Waals surface area (Å²) in [6.07, 6.45) is 10.9. The van der Waals surface area contributed by atoms with E-state index in [1.54, 1.807) is 18.2 Å². The van der Waals surface area contributed by atoms with Crippen molar-refractivity contribution in [2.75, 3.05) is 30.3 Å². The number of aliphatic hydroxyl groups excluding tert-OH is 1. The Kier molecular flexibility index (Phi) is 7.30. The van der Waals surface area contributed by atoms with Crippen LogP contribution in [0.4, 0.5) is 5.69 Å². The molecule has 5 aliphatic rings. The number of aryl methyl sites for hydroxylation is 1. The summed E-state index contributed by atoms with van der Waals surface area (Å²) in [5, 5.41) is 11.9. The Labute approximate surface area is 253 Å². The Bertz CT molecular complexity index is 1520. The summed E-state index contributed by atoms with van der Waals surface area (Å²) >= 11 is 6.39. The van der Waals surface area contributed by atoms with Crippen molar-refractivity contribution in [3.63, 3.8) is 0 Å². The number of anilines is 1. The number of fused-ring (bicyclic) bond motifs is 4. The highest BCUT2D eigenvalue weighted by molar-refractivity contribution is 7.90. The molecule has 2 saturated carbocycles. The van der Waals surface area contributed by atoms with Crippen molar-refractivity contribution < 1.29 is 23.1 Å². The van der Waals surface area contributed by atoms with E-state index in [-0.39, 0.29) is 23.0 Å². The summed E-state index contributed by atoms with van der Waals surface area (Å²) in [5.74, 6) is 0.712. The zero-order chi connectivity index (χ0) is 29.1. The maximum atomic E-state index is 13.3. The van der Waals surface area contributed by atoms with E-state index >= 15 is 0 Å². The third-order valence-corrected chi connectivity index (χ3v) is 12.0. The number of nitrogens with zero attached hydrogens (tertiary/aromatic N) is 1. The van der Waals surface area contributed by atoms with Crippen LogP contribution in [0.3, 0.4) is 0 Å². The van der Waals surface area contributed by atoms with Gasteiger partial charge in [-0.05, 0) is 116 Å². The number of halogens is 1. The quantitative estimate of drug-likeness (QED) is 0.429. The molecule has 2 aromatic rings. The van der Waals surface area contributed by atoms with Crippen LogP contribution in [0.2, 0.25) is 5.02 Å². The molecular weight excluding hydrogens is 572 g/mol. The third kappa shape index (κ3) is 5.46. The second-order valence-corrected chi connectivity index (χ2v) is 15.5. The summed E-state index contributed by atoms with van der Waals surface area (Å²) in [7, 11) is -3.84. The molecule has 1 spiro atoms. The number of hydrogen-bond donors (Lipinski definition) is 2. The number of carbonyl (C=O) groups is 1. The second-order valence-electron chi connectivity index (χ2n) is 13.3. The Morgan fingerprint density at radius 2 is 1.88 bits per heavy atom. The van der Waals surface area contributed by atoms with Crippen LogP contribution in [-0.4, -0.2) is 51.0 Å². The lowest BCUT2D eigenvalue weighted by atomic mass is 9.68. The minimum Gasteiger partial charge on any atom is -0.490 e. The lowest BCUT2D eigenvalue weighted by Crippen LogP contribution is -2.49. The van der Waals surface area contributed by atoms with Gasteiger partial charge in [0.1, 0.15) is 5.75 Å². The maximum Gasteiger partial charge on any atom is 0.264 e. The lowest BCUT2D eigenvalue weighted by Gasteiger charge is -2.45. The molecule has 1 amide bonds. The molecule has 0 unspecified atom stereocenters. The Morgan fingerprint density at radius 3 is 2.67 bits per heavy atom. The van der Waals surface area contributed by atoms with Gasteiger partial charge in [0.2, 0.25) is 10.0 Å². The fourth-order valence-corrected chi connectivity index (χ4v) is 9.48. The third-order valence-electron chi connectivity index (χ3n) is 10.4. The van der Waals surface area contributed by atoms with Gasteiger partial charge in [-0.2, -0.15) is 0 Å². The first-order chi connectivity index (χ1) is 20.2. The molecule has 2 aromatic carbocycles. The zero-order valence-corrected chi connectivity index (χ0v) is 25.4. The van der Waals surface area contributed by atoms with Gasteiger partial charge in [0, 0.05) is 29.1 Å². The molecule has 2 N–H and O–H groups in total. The van der Waals surface area contributed by atoms with Crippen molar-refractivity contribution in [3.8, 4) is 5.75 Å². The average molecular weight is 611 g/mol. The van der Waals surface area contributed by atoms with E-state index in [1.165, 1.54) is 11.1 Å². The molecule has 2 aliphatic heterocycles. The van der Waals surface area contributed by atoms with Crippen molar-refractivity contribution >= 4 is 33.2 Å². The predicted octanol–water partition coefficient (Wildman–Crippen LogP) is 5.25. The molecule has 0 aromatic heterocycles. The first kappa shape index (κ1) is 28.2. The monoisotopic (exact) mass is 610 g/mol. The highest BCUT2D eigenvalue weighted by Crippen LogP contribution is 2.47. The number of aliphatic hydroxyl groups is 1. The summed E-state index contributed by atoms with van der Waals surface area (Å²) in [6, 6.07) is 11.4. The van der Waals surface area contributed by atoms with Gasteiger partial charge >= 0.3 is 0 Å². The van der Waals surface area contributed by atoms with Crippen LogP contribution >= 0.6 is 11.6 Å². The van der Waals surface area contributed by atoms with Crippen LogP contribution in [0, 0.1) is 23.7 Å². The zero-order valence-electron chi connectivity index (χ0n) is 23.8. The molecule has 42 heavy (non-hydrogen) atoms. The number of ether oxygens (including phenoxy) is 1. The molecule has 2 bridgehead atoms. The fourth-order valence-electron chi connectivity index (χ4n) is 7.83. The van der Waals surface area contributed by atoms with Crippen molar-refractivity contribution in [3.05, 3.63) is 70.3 Å². The number of sulfonamides is 1. The van der Waals surface area contributed by atoms with Crippen LogP contribution in [0.1, 0.15) is 66.4 Å². The van der Waals surface area contributed by atoms with Crippen LogP contribution in [-0.2, 0) is 21.9 Å². The molecule has 7 nitrogen and oxygen atoms in total. The van der Waals surface area contributed by atoms with Gasteiger partial charge in [-0.25, -0.2) is 13.1 Å². The maximum absolute atomic E-state index is 13.3. The second kappa shape index (κ2) is 10.9. The smallest absolute Gasteiger partial charge is 0.264 e. The molecule has 2 heterocycles. The van der Waals surface area contributed by atoms with Gasteiger partial charge < -0.3 is 14.7 Å². The minimum absolute atomic E-state index is 0.0655. The van der Waals surface area contributed by atoms with E-state index < -0.39 is 22.0 Å². The summed E-state index contributed by atoms with van der Waals surface area (Å²) < 4.78 is 35.1. The Hall–Kier alpha value is -2.55. The van der Waals surface area contributed by atoms with Gasteiger partial charge in [0.05, 0.1) is 24.2 Å². The molecule has 5 atom stereocenters. The van der Waals surface area contributed by atoms with E-state index in [4.69, 9.17) is 16.3 Å². The lowest BCUT2D eigenvalue weighted by molar-refractivity contribution is 0.0455. The number of rotatable bonds is 1. The van der Waals surface area contributed by atoms with Gasteiger partial charge in [-0.1, -0.05) is 29.8 Å². The van der Waals surface area contributed by atoms with Crippen molar-refractivity contribution in [1.29, 1.82) is 0 Å². The highest BCUT2D eigenvalue weighted by atomic mass is 35.5. The highest BCUT2D eigenvalue weighted by Gasteiger charge is 2.44. The number of allylic oxidation sites excluding steroid dienone is 1.